The first-order chi connectivity index (χ1) is 10.5. The third-order valence-electron chi connectivity index (χ3n) is 3.36. The van der Waals surface area contributed by atoms with E-state index in [1.807, 2.05) is 0 Å². The first-order valence-corrected chi connectivity index (χ1v) is 7.23. The van der Waals surface area contributed by atoms with E-state index in [-0.39, 0.29) is 17.7 Å². The van der Waals surface area contributed by atoms with Gasteiger partial charge in [-0.2, -0.15) is 0 Å². The number of carbonyl (C=O) groups is 1. The van der Waals surface area contributed by atoms with Crippen molar-refractivity contribution in [2.75, 3.05) is 0 Å². The number of hydrogen-bond donors (Lipinski definition) is 2. The fourth-order valence-electron chi connectivity index (χ4n) is 2.12. The normalized spacial score (nSPS) is 13.9. The van der Waals surface area contributed by atoms with Crippen molar-refractivity contribution in [2.24, 2.45) is 5.73 Å². The first kappa shape index (κ1) is 14.6. The van der Waals surface area contributed by atoms with Crippen molar-refractivity contribution in [2.45, 2.75) is 25.4 Å². The lowest BCUT2D eigenvalue weighted by atomic mass is 10.2. The molecular weight excluding hydrogens is 306 g/mol. The molecule has 0 saturated heterocycles. The van der Waals surface area contributed by atoms with Crippen molar-refractivity contribution in [3.8, 4) is 5.75 Å². The molecule has 0 aliphatic heterocycles. The molecule has 1 saturated carbocycles. The number of aromatic amines is 1. The van der Waals surface area contributed by atoms with Crippen LogP contribution in [0.2, 0.25) is 5.02 Å². The average Bonchev–Trinajstić information content (AvgIpc) is 3.30. The Morgan fingerprint density at radius 3 is 2.86 bits per heavy atom. The molecule has 0 spiro atoms. The molecule has 0 atom stereocenters. The molecule has 1 aliphatic carbocycles. The molecule has 2 aromatic rings. The van der Waals surface area contributed by atoms with Gasteiger partial charge in [0.15, 0.2) is 0 Å². The molecule has 3 rings (SSSR count). The Kier molecular flexibility index (Phi) is 3.85. The van der Waals surface area contributed by atoms with Crippen LogP contribution in [-0.4, -0.2) is 15.9 Å². The summed E-state index contributed by atoms with van der Waals surface area (Å²) in [6.07, 6.45) is 2.08. The smallest absolute Gasteiger partial charge is 0.252 e. The fourth-order valence-corrected chi connectivity index (χ4v) is 2.30. The number of carbonyl (C=O) groups excluding carboxylic acids is 1. The Morgan fingerprint density at radius 2 is 2.18 bits per heavy atom. The van der Waals surface area contributed by atoms with Crippen molar-refractivity contribution in [3.05, 3.63) is 56.7 Å². The highest BCUT2D eigenvalue weighted by Gasteiger charge is 2.26. The van der Waals surface area contributed by atoms with E-state index in [1.54, 1.807) is 12.1 Å². The van der Waals surface area contributed by atoms with Crippen molar-refractivity contribution < 1.29 is 9.53 Å². The number of nitrogens with two attached hydrogens (primary N) is 1. The van der Waals surface area contributed by atoms with Crippen molar-refractivity contribution in [3.63, 3.8) is 0 Å². The van der Waals surface area contributed by atoms with Gasteiger partial charge < -0.3 is 15.5 Å². The van der Waals surface area contributed by atoms with Gasteiger partial charge in [0, 0.05) is 17.0 Å². The SMILES string of the molecule is NC(=O)c1cc(Cl)ccc1OCc1cc(=O)[nH]c(C2CC2)n1. The predicted octanol–water partition coefficient (Wildman–Crippen LogP) is 1.98. The molecule has 1 aromatic heterocycles. The standard InChI is InChI=1S/C15H14ClN3O3/c16-9-3-4-12(11(5-9)14(17)21)22-7-10-6-13(20)19-15(18-10)8-1-2-8/h3-6,8H,1-2,7H2,(H2,17,21)(H,18,19,20). The number of nitrogens with one attached hydrogen (secondary N) is 1. The summed E-state index contributed by atoms with van der Waals surface area (Å²) in [6.45, 7) is 0.0750. The number of halogens is 1. The summed E-state index contributed by atoms with van der Waals surface area (Å²) in [5, 5.41) is 0.395. The van der Waals surface area contributed by atoms with Crippen molar-refractivity contribution in [1.82, 2.24) is 9.97 Å². The summed E-state index contributed by atoms with van der Waals surface area (Å²) in [7, 11) is 0. The van der Waals surface area contributed by atoms with Gasteiger partial charge in [-0.3, -0.25) is 9.59 Å². The molecule has 1 heterocycles. The van der Waals surface area contributed by atoms with Gasteiger partial charge in [-0.15, -0.1) is 0 Å². The third kappa shape index (κ3) is 3.28. The molecular formula is C15H14ClN3O3. The third-order valence-corrected chi connectivity index (χ3v) is 3.59. The number of H-pyrrole nitrogens is 1. The van der Waals surface area contributed by atoms with Crippen LogP contribution in [0.5, 0.6) is 5.75 Å². The Hall–Kier alpha value is -2.34. The maximum Gasteiger partial charge on any atom is 0.252 e. The molecule has 1 aliphatic rings. The van der Waals surface area contributed by atoms with E-state index in [0.717, 1.165) is 12.8 Å². The van der Waals surface area contributed by atoms with Gasteiger partial charge >= 0.3 is 0 Å². The van der Waals surface area contributed by atoms with E-state index in [2.05, 4.69) is 9.97 Å². The summed E-state index contributed by atoms with van der Waals surface area (Å²) in [5.41, 5.74) is 5.80. The average molecular weight is 320 g/mol. The highest BCUT2D eigenvalue weighted by Crippen LogP contribution is 2.37. The van der Waals surface area contributed by atoms with E-state index in [4.69, 9.17) is 22.1 Å². The van der Waals surface area contributed by atoms with E-state index in [0.29, 0.717) is 28.2 Å². The number of hydrogen-bond acceptors (Lipinski definition) is 4. The number of nitrogens with zero attached hydrogens (tertiary/aromatic N) is 1. The van der Waals surface area contributed by atoms with Crippen molar-refractivity contribution >= 4 is 17.5 Å². The highest BCUT2D eigenvalue weighted by atomic mass is 35.5. The molecule has 22 heavy (non-hydrogen) atoms. The Labute approximate surface area is 131 Å². The van der Waals surface area contributed by atoms with Gasteiger partial charge in [-0.05, 0) is 31.0 Å². The summed E-state index contributed by atoms with van der Waals surface area (Å²) >= 11 is 5.84. The van der Waals surface area contributed by atoms with Crippen LogP contribution < -0.4 is 16.0 Å². The van der Waals surface area contributed by atoms with Crippen LogP contribution in [0, 0.1) is 0 Å². The zero-order valence-corrected chi connectivity index (χ0v) is 12.4. The lowest BCUT2D eigenvalue weighted by molar-refractivity contribution is 0.0996. The molecule has 6 nitrogen and oxygen atoms in total. The number of rotatable bonds is 5. The van der Waals surface area contributed by atoms with Crippen LogP contribution in [0.4, 0.5) is 0 Å². The molecule has 0 unspecified atom stereocenters. The van der Waals surface area contributed by atoms with Crippen LogP contribution in [0.1, 0.15) is 40.6 Å². The monoisotopic (exact) mass is 319 g/mol. The maximum absolute atomic E-state index is 11.6. The quantitative estimate of drug-likeness (QED) is 0.880. The molecule has 0 bridgehead atoms. The van der Waals surface area contributed by atoms with Crippen LogP contribution in [0.3, 0.4) is 0 Å². The minimum atomic E-state index is -0.630. The Bertz CT molecular complexity index is 784. The summed E-state index contributed by atoms with van der Waals surface area (Å²) in [4.78, 5) is 30.1. The van der Waals surface area contributed by atoms with Gasteiger partial charge in [0.05, 0.1) is 11.3 Å². The van der Waals surface area contributed by atoms with Crippen LogP contribution in [0.25, 0.3) is 0 Å². The van der Waals surface area contributed by atoms with Gasteiger partial charge in [0.25, 0.3) is 11.5 Å². The van der Waals surface area contributed by atoms with E-state index >= 15 is 0 Å². The Morgan fingerprint density at radius 1 is 1.41 bits per heavy atom. The molecule has 114 valence electrons. The highest BCUT2D eigenvalue weighted by molar-refractivity contribution is 6.31. The van der Waals surface area contributed by atoms with Crippen LogP contribution in [0.15, 0.2) is 29.1 Å². The van der Waals surface area contributed by atoms with Crippen LogP contribution in [-0.2, 0) is 6.61 Å². The summed E-state index contributed by atoms with van der Waals surface area (Å²) in [6, 6.07) is 5.99. The first-order valence-electron chi connectivity index (χ1n) is 6.85. The van der Waals surface area contributed by atoms with E-state index < -0.39 is 5.91 Å². The molecule has 0 radical (unpaired) electrons. The summed E-state index contributed by atoms with van der Waals surface area (Å²) in [5.74, 6) is 0.712. The maximum atomic E-state index is 11.6. The number of primary amides is 1. The molecule has 7 heteroatoms. The second kappa shape index (κ2) is 5.81. The molecule has 1 fully saturated rings. The lowest BCUT2D eigenvalue weighted by Gasteiger charge is -2.10. The van der Waals surface area contributed by atoms with Crippen molar-refractivity contribution in [1.29, 1.82) is 0 Å². The van der Waals surface area contributed by atoms with E-state index in [1.165, 1.54) is 12.1 Å². The van der Waals surface area contributed by atoms with Gasteiger partial charge in [0.1, 0.15) is 18.2 Å². The number of amides is 1. The molecule has 1 aromatic carbocycles. The molecule has 3 N–H and O–H groups in total. The zero-order chi connectivity index (χ0) is 15.7. The summed E-state index contributed by atoms with van der Waals surface area (Å²) < 4.78 is 5.57. The number of ether oxygens (including phenoxy) is 1. The number of aromatic nitrogens is 2. The van der Waals surface area contributed by atoms with Gasteiger partial charge in [-0.25, -0.2) is 4.98 Å². The predicted molar refractivity (Wildman–Crippen MR) is 81.1 cm³/mol. The Balaban J connectivity index is 1.81. The minimum absolute atomic E-state index is 0.0750. The second-order valence-electron chi connectivity index (χ2n) is 5.19. The fraction of sp³-hybridized carbons (Fsp3) is 0.267. The number of benzene rings is 1. The lowest BCUT2D eigenvalue weighted by Crippen LogP contribution is -2.15. The van der Waals surface area contributed by atoms with E-state index in [9.17, 15) is 9.59 Å². The van der Waals surface area contributed by atoms with Crippen LogP contribution >= 0.6 is 11.6 Å². The van der Waals surface area contributed by atoms with Gasteiger partial charge in [-0.1, -0.05) is 11.6 Å². The second-order valence-corrected chi connectivity index (χ2v) is 5.63. The topological polar surface area (TPSA) is 98.1 Å². The van der Waals surface area contributed by atoms with Gasteiger partial charge in [0.2, 0.25) is 0 Å². The minimum Gasteiger partial charge on any atom is -0.486 e. The zero-order valence-electron chi connectivity index (χ0n) is 11.6. The molecule has 1 amide bonds. The largest absolute Gasteiger partial charge is 0.486 e.